The molecule has 0 saturated carbocycles. The first-order valence-electron chi connectivity index (χ1n) is 8.24. The van der Waals surface area contributed by atoms with Crippen LogP contribution in [0.15, 0.2) is 48.5 Å². The molecule has 0 aliphatic heterocycles. The van der Waals surface area contributed by atoms with E-state index in [9.17, 15) is 13.2 Å². The number of amides is 1. The van der Waals surface area contributed by atoms with E-state index in [1.165, 1.54) is 11.4 Å². The predicted molar refractivity (Wildman–Crippen MR) is 103 cm³/mol. The number of carbonyl (C=O) groups excluding carboxylic acids is 1. The van der Waals surface area contributed by atoms with Crippen LogP contribution in [0.4, 0.5) is 5.69 Å². The first kappa shape index (κ1) is 19.8. The molecule has 0 fully saturated rings. The van der Waals surface area contributed by atoms with Crippen LogP contribution in [0.5, 0.6) is 5.75 Å². The van der Waals surface area contributed by atoms with E-state index in [1.807, 2.05) is 43.3 Å². The maximum atomic E-state index is 12.2. The summed E-state index contributed by atoms with van der Waals surface area (Å²) in [5.41, 5.74) is 2.33. The zero-order valence-electron chi connectivity index (χ0n) is 15.2. The molecular formula is C19H24N2O4S. The van der Waals surface area contributed by atoms with Gasteiger partial charge in [-0.05, 0) is 30.2 Å². The van der Waals surface area contributed by atoms with Crippen molar-refractivity contribution in [2.75, 3.05) is 24.2 Å². The number of anilines is 1. The summed E-state index contributed by atoms with van der Waals surface area (Å²) in [6.07, 6.45) is 1.17. The molecule has 7 heteroatoms. The van der Waals surface area contributed by atoms with Gasteiger partial charge >= 0.3 is 0 Å². The summed E-state index contributed by atoms with van der Waals surface area (Å²) >= 11 is 0. The highest BCUT2D eigenvalue weighted by Crippen LogP contribution is 2.31. The number of rotatable bonds is 8. The van der Waals surface area contributed by atoms with Crippen LogP contribution in [0.2, 0.25) is 0 Å². The Balaban J connectivity index is 2.07. The van der Waals surface area contributed by atoms with E-state index in [2.05, 4.69) is 5.32 Å². The molecule has 0 unspecified atom stereocenters. The fourth-order valence-corrected chi connectivity index (χ4v) is 3.47. The van der Waals surface area contributed by atoms with Gasteiger partial charge < -0.3 is 10.1 Å². The van der Waals surface area contributed by atoms with Crippen LogP contribution in [0.25, 0.3) is 0 Å². The molecule has 0 heterocycles. The minimum atomic E-state index is -3.56. The number of sulfonamides is 1. The number of hydrogen-bond donors (Lipinski definition) is 1. The predicted octanol–water partition coefficient (Wildman–Crippen LogP) is 2.48. The third kappa shape index (κ3) is 5.49. The molecular weight excluding hydrogens is 352 g/mol. The average molecular weight is 376 g/mol. The maximum Gasteiger partial charge on any atom is 0.232 e. The minimum absolute atomic E-state index is 0.0409. The third-order valence-corrected chi connectivity index (χ3v) is 5.06. The second-order valence-corrected chi connectivity index (χ2v) is 7.93. The molecule has 1 amide bonds. The Morgan fingerprint density at radius 3 is 2.46 bits per heavy atom. The average Bonchev–Trinajstić information content (AvgIpc) is 2.60. The van der Waals surface area contributed by atoms with E-state index in [4.69, 9.17) is 4.74 Å². The molecule has 2 rings (SSSR count). The number of nitrogens with one attached hydrogen (secondary N) is 1. The molecule has 0 bridgehead atoms. The number of aryl methyl sites for hydroxylation is 1. The largest absolute Gasteiger partial charge is 0.495 e. The van der Waals surface area contributed by atoms with Gasteiger partial charge in [-0.15, -0.1) is 0 Å². The third-order valence-electron chi connectivity index (χ3n) is 3.88. The van der Waals surface area contributed by atoms with Gasteiger partial charge in [0.2, 0.25) is 15.9 Å². The van der Waals surface area contributed by atoms with Crippen molar-refractivity contribution in [2.24, 2.45) is 0 Å². The van der Waals surface area contributed by atoms with Gasteiger partial charge in [0.15, 0.2) is 0 Å². The normalized spacial score (nSPS) is 11.0. The SMILES string of the molecule is COc1ccc(C)cc1N(CCC(=O)NCc1ccccc1)S(C)(=O)=O. The van der Waals surface area contributed by atoms with E-state index in [0.717, 1.165) is 17.4 Å². The van der Waals surface area contributed by atoms with Crippen LogP contribution in [-0.2, 0) is 21.4 Å². The van der Waals surface area contributed by atoms with Gasteiger partial charge in [0.05, 0.1) is 19.1 Å². The molecule has 2 aromatic rings. The zero-order valence-corrected chi connectivity index (χ0v) is 16.0. The lowest BCUT2D eigenvalue weighted by molar-refractivity contribution is -0.121. The lowest BCUT2D eigenvalue weighted by Crippen LogP contribution is -2.34. The van der Waals surface area contributed by atoms with Crippen LogP contribution >= 0.6 is 0 Å². The number of benzene rings is 2. The Labute approximate surface area is 154 Å². The Hall–Kier alpha value is -2.54. The summed E-state index contributed by atoms with van der Waals surface area (Å²) in [5, 5.41) is 2.81. The number of carbonyl (C=O) groups is 1. The van der Waals surface area contributed by atoms with Crippen LogP contribution in [-0.4, -0.2) is 34.2 Å². The molecule has 0 aromatic heterocycles. The lowest BCUT2D eigenvalue weighted by Gasteiger charge is -2.24. The standard InChI is InChI=1S/C19H24N2O4S/c1-15-9-10-18(25-2)17(13-15)21(26(3,23)24)12-11-19(22)20-14-16-7-5-4-6-8-16/h4-10,13H,11-12,14H2,1-3H3,(H,20,22). The van der Waals surface area contributed by atoms with Crippen molar-refractivity contribution >= 4 is 21.6 Å². The van der Waals surface area contributed by atoms with Crippen LogP contribution in [0.3, 0.4) is 0 Å². The van der Waals surface area contributed by atoms with Crippen LogP contribution in [0.1, 0.15) is 17.5 Å². The van der Waals surface area contributed by atoms with Crippen molar-refractivity contribution in [3.63, 3.8) is 0 Å². The van der Waals surface area contributed by atoms with Crippen LogP contribution < -0.4 is 14.4 Å². The highest BCUT2D eigenvalue weighted by atomic mass is 32.2. The monoisotopic (exact) mass is 376 g/mol. The quantitative estimate of drug-likeness (QED) is 0.768. The number of nitrogens with zero attached hydrogens (tertiary/aromatic N) is 1. The van der Waals surface area contributed by atoms with Crippen molar-refractivity contribution in [3.05, 3.63) is 59.7 Å². The van der Waals surface area contributed by atoms with E-state index in [0.29, 0.717) is 18.0 Å². The van der Waals surface area contributed by atoms with Crippen molar-refractivity contribution in [1.82, 2.24) is 5.32 Å². The van der Waals surface area contributed by atoms with Crippen molar-refractivity contribution < 1.29 is 17.9 Å². The molecule has 0 aliphatic rings. The van der Waals surface area contributed by atoms with E-state index in [1.54, 1.807) is 12.1 Å². The Morgan fingerprint density at radius 1 is 1.15 bits per heavy atom. The van der Waals surface area contributed by atoms with Crippen molar-refractivity contribution in [2.45, 2.75) is 19.9 Å². The summed E-state index contributed by atoms with van der Waals surface area (Å²) in [4.78, 5) is 12.1. The van der Waals surface area contributed by atoms with Gasteiger partial charge in [-0.3, -0.25) is 9.10 Å². The molecule has 0 aliphatic carbocycles. The number of ether oxygens (including phenoxy) is 1. The fraction of sp³-hybridized carbons (Fsp3) is 0.316. The molecule has 140 valence electrons. The number of methoxy groups -OCH3 is 1. The van der Waals surface area contributed by atoms with Crippen LogP contribution in [0, 0.1) is 6.92 Å². The van der Waals surface area contributed by atoms with Crippen molar-refractivity contribution in [1.29, 1.82) is 0 Å². The summed E-state index contributed by atoms with van der Waals surface area (Å²) in [5.74, 6) is 0.236. The Morgan fingerprint density at radius 2 is 1.85 bits per heavy atom. The van der Waals surface area contributed by atoms with E-state index in [-0.39, 0.29) is 18.9 Å². The summed E-state index contributed by atoms with van der Waals surface area (Å²) < 4.78 is 31.0. The smallest absolute Gasteiger partial charge is 0.232 e. The molecule has 1 N–H and O–H groups in total. The molecule has 26 heavy (non-hydrogen) atoms. The Bertz CT molecular complexity index is 851. The summed E-state index contributed by atoms with van der Waals surface area (Å²) in [6.45, 7) is 2.32. The lowest BCUT2D eigenvalue weighted by atomic mass is 10.2. The highest BCUT2D eigenvalue weighted by molar-refractivity contribution is 7.92. The first-order chi connectivity index (χ1) is 12.3. The van der Waals surface area contributed by atoms with Gasteiger partial charge in [0.1, 0.15) is 5.75 Å². The zero-order chi connectivity index (χ0) is 19.2. The van der Waals surface area contributed by atoms with Gasteiger partial charge in [-0.25, -0.2) is 8.42 Å². The molecule has 0 atom stereocenters. The van der Waals surface area contributed by atoms with E-state index < -0.39 is 10.0 Å². The fourth-order valence-electron chi connectivity index (χ4n) is 2.55. The first-order valence-corrected chi connectivity index (χ1v) is 10.1. The molecule has 0 spiro atoms. The minimum Gasteiger partial charge on any atom is -0.495 e. The molecule has 0 saturated heterocycles. The Kier molecular flexibility index (Phi) is 6.63. The van der Waals surface area contributed by atoms with E-state index >= 15 is 0 Å². The molecule has 0 radical (unpaired) electrons. The molecule has 2 aromatic carbocycles. The highest BCUT2D eigenvalue weighted by Gasteiger charge is 2.22. The van der Waals surface area contributed by atoms with Gasteiger partial charge in [-0.1, -0.05) is 36.4 Å². The summed E-state index contributed by atoms with van der Waals surface area (Å²) in [6, 6.07) is 14.8. The van der Waals surface area contributed by atoms with Gasteiger partial charge in [-0.2, -0.15) is 0 Å². The maximum absolute atomic E-state index is 12.2. The van der Waals surface area contributed by atoms with Crippen molar-refractivity contribution in [3.8, 4) is 5.75 Å². The van der Waals surface area contributed by atoms with Gasteiger partial charge in [0, 0.05) is 19.5 Å². The topological polar surface area (TPSA) is 75.7 Å². The van der Waals surface area contributed by atoms with Gasteiger partial charge in [0.25, 0.3) is 0 Å². The second kappa shape index (κ2) is 8.71. The summed E-state index contributed by atoms with van der Waals surface area (Å²) in [7, 11) is -2.07. The number of hydrogen-bond acceptors (Lipinski definition) is 4. The molecule has 6 nitrogen and oxygen atoms in total. The second-order valence-electron chi connectivity index (χ2n) is 6.02.